The minimum Gasteiger partial charge on any atom is -0.505 e. The third kappa shape index (κ3) is 4.85. The monoisotopic (exact) mass is 586 g/mol. The summed E-state index contributed by atoms with van der Waals surface area (Å²) in [5.41, 5.74) is 2.73. The summed E-state index contributed by atoms with van der Waals surface area (Å²) in [5.74, 6) is -1.26. The number of imidazole rings is 1. The number of ether oxygens (including phenoxy) is 1. The molecule has 0 radical (unpaired) electrons. The van der Waals surface area contributed by atoms with Crippen LogP contribution in [-0.2, 0) is 9.59 Å². The van der Waals surface area contributed by atoms with Crippen molar-refractivity contribution in [1.29, 1.82) is 0 Å². The third-order valence-corrected chi connectivity index (χ3v) is 8.36. The van der Waals surface area contributed by atoms with E-state index in [4.69, 9.17) is 16.3 Å². The van der Waals surface area contributed by atoms with E-state index in [9.17, 15) is 14.7 Å². The third-order valence-electron chi connectivity index (χ3n) is 7.11. The molecule has 1 aliphatic rings. The van der Waals surface area contributed by atoms with Crippen LogP contribution in [-0.4, -0.2) is 37.8 Å². The van der Waals surface area contributed by atoms with Gasteiger partial charge < -0.3 is 9.84 Å². The van der Waals surface area contributed by atoms with E-state index in [2.05, 4.69) is 16.9 Å². The number of fused-ring (bicyclic) bond motifs is 2. The number of thiazole rings is 1. The highest BCUT2D eigenvalue weighted by Gasteiger charge is 2.48. The number of rotatable bonds is 8. The van der Waals surface area contributed by atoms with Gasteiger partial charge in [-0.25, -0.2) is 9.97 Å². The lowest BCUT2D eigenvalue weighted by Gasteiger charge is -2.23. The van der Waals surface area contributed by atoms with Crippen LogP contribution in [0, 0.1) is 6.92 Å². The second-order valence-electron chi connectivity index (χ2n) is 9.88. The minimum absolute atomic E-state index is 0.0378. The van der Waals surface area contributed by atoms with Crippen LogP contribution in [0.3, 0.4) is 0 Å². The predicted molar refractivity (Wildman–Crippen MR) is 161 cm³/mol. The molecule has 0 saturated carbocycles. The molecule has 1 unspecified atom stereocenters. The maximum Gasteiger partial charge on any atom is 0.301 e. The molecule has 1 amide bonds. The average molecular weight is 587 g/mol. The number of carbonyl (C=O) groups excluding carboxylic acids is 2. The van der Waals surface area contributed by atoms with E-state index in [1.807, 2.05) is 42.5 Å². The molecule has 1 aliphatic heterocycles. The number of ketones is 1. The van der Waals surface area contributed by atoms with E-state index in [0.717, 1.165) is 24.0 Å². The molecule has 8 nitrogen and oxygen atoms in total. The summed E-state index contributed by atoms with van der Waals surface area (Å²) < 4.78 is 8.49. The number of aromatic nitrogens is 3. The zero-order valence-corrected chi connectivity index (χ0v) is 24.1. The minimum atomic E-state index is -0.945. The fraction of sp³-hybridized carbons (Fsp3) is 0.226. The van der Waals surface area contributed by atoms with Gasteiger partial charge in [0.15, 0.2) is 10.9 Å². The van der Waals surface area contributed by atoms with Gasteiger partial charge in [0.05, 0.1) is 34.1 Å². The highest BCUT2D eigenvalue weighted by molar-refractivity contribution is 7.22. The van der Waals surface area contributed by atoms with Crippen LogP contribution in [0.15, 0.2) is 72.4 Å². The van der Waals surface area contributed by atoms with E-state index in [1.54, 1.807) is 35.7 Å². The molecule has 1 fully saturated rings. The molecule has 0 spiro atoms. The van der Waals surface area contributed by atoms with Crippen molar-refractivity contribution in [2.24, 2.45) is 0 Å². The Morgan fingerprint density at radius 1 is 1.07 bits per heavy atom. The topological polar surface area (TPSA) is 97.0 Å². The van der Waals surface area contributed by atoms with Gasteiger partial charge in [-0.3, -0.25) is 18.9 Å². The highest BCUT2D eigenvalue weighted by atomic mass is 35.5. The number of aliphatic hydroxyl groups excluding tert-OH is 1. The summed E-state index contributed by atoms with van der Waals surface area (Å²) in [6.45, 7) is 4.44. The number of benzene rings is 2. The van der Waals surface area contributed by atoms with Crippen LogP contribution in [0.4, 0.5) is 5.13 Å². The molecule has 0 bridgehead atoms. The van der Waals surface area contributed by atoms with Gasteiger partial charge in [-0.2, -0.15) is 0 Å². The largest absolute Gasteiger partial charge is 0.505 e. The fourth-order valence-corrected chi connectivity index (χ4v) is 6.45. The number of carbonyl (C=O) groups is 2. The van der Waals surface area contributed by atoms with Crippen LogP contribution < -0.4 is 9.64 Å². The molecule has 3 aromatic heterocycles. The first-order valence-electron chi connectivity index (χ1n) is 13.4. The van der Waals surface area contributed by atoms with Crippen molar-refractivity contribution in [2.75, 3.05) is 11.5 Å². The summed E-state index contributed by atoms with van der Waals surface area (Å²) in [4.78, 5) is 38.0. The van der Waals surface area contributed by atoms with Gasteiger partial charge in [0.2, 0.25) is 0 Å². The Morgan fingerprint density at radius 2 is 1.93 bits per heavy atom. The molecule has 0 aliphatic carbocycles. The van der Waals surface area contributed by atoms with E-state index in [-0.39, 0.29) is 11.3 Å². The average Bonchev–Trinajstić information content (AvgIpc) is 3.61. The van der Waals surface area contributed by atoms with Gasteiger partial charge in [-0.1, -0.05) is 60.9 Å². The second kappa shape index (κ2) is 11.0. The number of aliphatic hydroxyl groups is 1. The predicted octanol–water partition coefficient (Wildman–Crippen LogP) is 7.10. The first-order chi connectivity index (χ1) is 19.9. The van der Waals surface area contributed by atoms with Crippen molar-refractivity contribution in [3.8, 4) is 5.75 Å². The van der Waals surface area contributed by atoms with Gasteiger partial charge >= 0.3 is 5.91 Å². The molecule has 1 saturated heterocycles. The number of hydrogen-bond donors (Lipinski definition) is 1. The van der Waals surface area contributed by atoms with E-state index < -0.39 is 17.7 Å². The number of Topliss-reactive ketones (excluding diaryl/α,β-unsaturated/α-hetero) is 1. The lowest BCUT2D eigenvalue weighted by molar-refractivity contribution is -0.132. The number of halogens is 1. The molecular weight excluding hydrogens is 560 g/mol. The van der Waals surface area contributed by atoms with Gasteiger partial charge in [0.1, 0.15) is 17.1 Å². The molecule has 10 heteroatoms. The Labute approximate surface area is 245 Å². The molecule has 1 atom stereocenters. The van der Waals surface area contributed by atoms with Gasteiger partial charge in [-0.05, 0) is 61.4 Å². The summed E-state index contributed by atoms with van der Waals surface area (Å²) in [5, 5.41) is 12.6. The smallest absolute Gasteiger partial charge is 0.301 e. The zero-order valence-electron chi connectivity index (χ0n) is 22.5. The maximum atomic E-state index is 13.7. The molecule has 1 N–H and O–H groups in total. The Bertz CT molecular complexity index is 1840. The lowest BCUT2D eigenvalue weighted by atomic mass is 9.96. The number of unbranched alkanes of at least 4 members (excludes halogenated alkanes) is 2. The van der Waals surface area contributed by atoms with E-state index in [0.29, 0.717) is 50.6 Å². The normalized spacial score (nSPS) is 16.8. The zero-order chi connectivity index (χ0) is 28.7. The maximum absolute atomic E-state index is 13.7. The number of aryl methyl sites for hydroxylation is 1. The fourth-order valence-electron chi connectivity index (χ4n) is 5.18. The Balaban J connectivity index is 1.53. The van der Waals surface area contributed by atoms with Crippen molar-refractivity contribution in [3.63, 3.8) is 0 Å². The van der Waals surface area contributed by atoms with E-state index >= 15 is 0 Å². The summed E-state index contributed by atoms with van der Waals surface area (Å²) in [6.07, 6.45) is 4.81. The number of pyridine rings is 1. The van der Waals surface area contributed by atoms with Crippen LogP contribution in [0.2, 0.25) is 5.02 Å². The molecule has 2 aromatic carbocycles. The summed E-state index contributed by atoms with van der Waals surface area (Å²) in [6, 6.07) is 17.1. The molecule has 208 valence electrons. The van der Waals surface area contributed by atoms with Crippen molar-refractivity contribution >= 4 is 61.4 Å². The SMILES string of the molecule is CCCCCOc1cccc(C2/C(=C(\O)c3c(C)nc4ccccn34)C(=O)C(=O)N2c2nc3ccc(Cl)cc3s2)c1. The van der Waals surface area contributed by atoms with Crippen molar-refractivity contribution in [1.82, 2.24) is 14.4 Å². The molecule has 6 rings (SSSR count). The Hall–Kier alpha value is -4.21. The van der Waals surface area contributed by atoms with Crippen molar-refractivity contribution in [2.45, 2.75) is 39.2 Å². The van der Waals surface area contributed by atoms with Crippen LogP contribution >= 0.6 is 22.9 Å². The second-order valence-corrected chi connectivity index (χ2v) is 11.3. The van der Waals surface area contributed by atoms with Crippen LogP contribution in [0.5, 0.6) is 5.75 Å². The number of anilines is 1. The van der Waals surface area contributed by atoms with Crippen LogP contribution in [0.1, 0.15) is 49.2 Å². The number of nitrogens with zero attached hydrogens (tertiary/aromatic N) is 4. The van der Waals surface area contributed by atoms with Crippen molar-refractivity contribution < 1.29 is 19.4 Å². The first kappa shape index (κ1) is 27.0. The van der Waals surface area contributed by atoms with Gasteiger partial charge in [-0.15, -0.1) is 0 Å². The summed E-state index contributed by atoms with van der Waals surface area (Å²) in [7, 11) is 0. The van der Waals surface area contributed by atoms with Gasteiger partial charge in [0.25, 0.3) is 5.78 Å². The summed E-state index contributed by atoms with van der Waals surface area (Å²) >= 11 is 7.47. The van der Waals surface area contributed by atoms with Crippen LogP contribution in [0.25, 0.3) is 21.6 Å². The standard InChI is InChI=1S/C31H27ClN4O4S/c1-3-4-7-15-40-21-10-8-9-19(16-21)27-25(28(37)26-18(2)33-24-11-5-6-14-35(24)26)29(38)30(39)36(27)31-34-22-13-12-20(32)17-23(22)41-31/h5-6,8-14,16-17,27,37H,3-4,7,15H2,1-2H3/b28-25+. The van der Waals surface area contributed by atoms with Crippen molar-refractivity contribution in [3.05, 3.63) is 94.4 Å². The molecular formula is C31H27ClN4O4S. The van der Waals surface area contributed by atoms with E-state index in [1.165, 1.54) is 16.2 Å². The molecule has 5 aromatic rings. The molecule has 41 heavy (non-hydrogen) atoms. The highest BCUT2D eigenvalue weighted by Crippen LogP contribution is 2.45. The Morgan fingerprint density at radius 3 is 2.76 bits per heavy atom. The first-order valence-corrected chi connectivity index (χ1v) is 14.6. The lowest BCUT2D eigenvalue weighted by Crippen LogP contribution is -2.29. The quantitative estimate of drug-likeness (QED) is 0.0901. The Kier molecular flexibility index (Phi) is 7.23. The number of amides is 1. The van der Waals surface area contributed by atoms with Gasteiger partial charge in [0, 0.05) is 11.2 Å². The number of hydrogen-bond acceptors (Lipinski definition) is 7. The molecule has 4 heterocycles.